The van der Waals surface area contributed by atoms with Gasteiger partial charge >= 0.3 is 0 Å². The second kappa shape index (κ2) is 13.1. The van der Waals surface area contributed by atoms with Crippen molar-refractivity contribution >= 4 is 22.8 Å². The number of amides is 1. The third-order valence-electron chi connectivity index (χ3n) is 6.39. The Hall–Kier alpha value is -4.82. The van der Waals surface area contributed by atoms with Crippen LogP contribution in [0.25, 0.3) is 16.8 Å². The predicted octanol–water partition coefficient (Wildman–Crippen LogP) is 7.33. The number of nitrogens with zero attached hydrogens (tertiary/aromatic N) is 1. The Balaban J connectivity index is 1.63. The molecule has 0 saturated carbocycles. The van der Waals surface area contributed by atoms with Crippen LogP contribution in [0.5, 0.6) is 11.5 Å². The highest BCUT2D eigenvalue weighted by atomic mass is 16.5. The van der Waals surface area contributed by atoms with E-state index in [2.05, 4.69) is 36.2 Å². The van der Waals surface area contributed by atoms with Gasteiger partial charge in [0.2, 0.25) is 0 Å². The number of allylic oxidation sites excluding steroid dienone is 1. The van der Waals surface area contributed by atoms with E-state index in [1.165, 1.54) is 0 Å². The van der Waals surface area contributed by atoms with Gasteiger partial charge in [-0.25, -0.2) is 0 Å². The Morgan fingerprint density at radius 2 is 1.74 bits per heavy atom. The Morgan fingerprint density at radius 3 is 2.49 bits per heavy atom. The molecule has 0 fully saturated rings. The lowest BCUT2D eigenvalue weighted by atomic mass is 10.0. The molecule has 0 spiro atoms. The molecular weight excluding hydrogens is 484 g/mol. The van der Waals surface area contributed by atoms with E-state index in [4.69, 9.17) is 9.47 Å². The summed E-state index contributed by atoms with van der Waals surface area (Å²) in [5.41, 5.74) is 3.57. The average molecular weight is 517 g/mol. The Kier molecular flexibility index (Phi) is 9.16. The molecule has 0 heterocycles. The quantitative estimate of drug-likeness (QED) is 0.129. The van der Waals surface area contributed by atoms with Gasteiger partial charge in [-0.15, -0.1) is 6.58 Å². The third-order valence-corrected chi connectivity index (χ3v) is 6.39. The van der Waals surface area contributed by atoms with E-state index < -0.39 is 5.91 Å². The van der Waals surface area contributed by atoms with E-state index in [0.717, 1.165) is 27.5 Å². The zero-order chi connectivity index (χ0) is 27.6. The minimum absolute atomic E-state index is 0.00852. The molecule has 5 nitrogen and oxygen atoms in total. The number of nitriles is 1. The number of fused-ring (bicyclic) bond motifs is 1. The molecule has 0 aliphatic heterocycles. The number of rotatable bonds is 11. The van der Waals surface area contributed by atoms with Gasteiger partial charge in [0.15, 0.2) is 11.5 Å². The molecule has 0 unspecified atom stereocenters. The van der Waals surface area contributed by atoms with Crippen molar-refractivity contribution in [1.29, 1.82) is 5.26 Å². The topological polar surface area (TPSA) is 71.4 Å². The highest BCUT2D eigenvalue weighted by Gasteiger charge is 2.17. The highest BCUT2D eigenvalue weighted by molar-refractivity contribution is 6.02. The van der Waals surface area contributed by atoms with Crippen LogP contribution in [0.4, 0.5) is 0 Å². The van der Waals surface area contributed by atoms with E-state index in [-0.39, 0.29) is 11.6 Å². The van der Waals surface area contributed by atoms with Crippen LogP contribution in [0.3, 0.4) is 0 Å². The fourth-order valence-corrected chi connectivity index (χ4v) is 4.48. The first-order valence-corrected chi connectivity index (χ1v) is 13.0. The molecule has 0 radical (unpaired) electrons. The van der Waals surface area contributed by atoms with Crippen LogP contribution < -0.4 is 14.8 Å². The van der Waals surface area contributed by atoms with Crippen molar-refractivity contribution in [3.63, 3.8) is 0 Å². The molecule has 4 rings (SSSR count). The molecule has 0 aliphatic rings. The van der Waals surface area contributed by atoms with Crippen LogP contribution in [0.2, 0.25) is 0 Å². The summed E-state index contributed by atoms with van der Waals surface area (Å²) in [6, 6.07) is 29.5. The SMILES string of the molecule is C=CCc1cc(/C=C(/C#N)C(=O)N[C@@H](C)c2ccccc2)cc(OCC)c1OCc1cccc2ccccc12. The van der Waals surface area contributed by atoms with Gasteiger partial charge in [0, 0.05) is 5.56 Å². The normalized spacial score (nSPS) is 11.9. The minimum atomic E-state index is -0.437. The van der Waals surface area contributed by atoms with E-state index in [9.17, 15) is 10.1 Å². The first-order chi connectivity index (χ1) is 19.0. The summed E-state index contributed by atoms with van der Waals surface area (Å²) in [5.74, 6) is 0.745. The number of benzene rings is 4. The third kappa shape index (κ3) is 6.74. The van der Waals surface area contributed by atoms with Crippen molar-refractivity contribution in [2.45, 2.75) is 32.9 Å². The molecule has 0 aliphatic carbocycles. The number of carbonyl (C=O) groups is 1. The van der Waals surface area contributed by atoms with Gasteiger partial charge in [-0.2, -0.15) is 5.26 Å². The summed E-state index contributed by atoms with van der Waals surface area (Å²) in [6.07, 6.45) is 3.91. The Labute approximate surface area is 230 Å². The van der Waals surface area contributed by atoms with Crippen molar-refractivity contribution in [2.75, 3.05) is 6.61 Å². The molecule has 4 aromatic rings. The van der Waals surface area contributed by atoms with Crippen LogP contribution in [0.15, 0.2) is 103 Å². The molecule has 0 saturated heterocycles. The smallest absolute Gasteiger partial charge is 0.262 e. The van der Waals surface area contributed by atoms with Crippen LogP contribution in [-0.4, -0.2) is 12.5 Å². The first-order valence-electron chi connectivity index (χ1n) is 13.0. The van der Waals surface area contributed by atoms with E-state index in [0.29, 0.717) is 36.7 Å². The van der Waals surface area contributed by atoms with Crippen LogP contribution in [0.1, 0.15) is 42.1 Å². The first kappa shape index (κ1) is 27.2. The number of nitrogens with one attached hydrogen (secondary N) is 1. The molecule has 39 heavy (non-hydrogen) atoms. The summed E-state index contributed by atoms with van der Waals surface area (Å²) < 4.78 is 12.3. The zero-order valence-corrected chi connectivity index (χ0v) is 22.3. The minimum Gasteiger partial charge on any atom is -0.490 e. The molecule has 0 aromatic heterocycles. The standard InChI is InChI=1S/C34H32N2O3/c1-4-12-28-19-25(20-30(22-35)34(37)36-24(3)26-13-7-6-8-14-26)21-32(38-5-2)33(28)39-23-29-17-11-16-27-15-9-10-18-31(27)29/h4,6-11,13-21,24H,1,5,12,23H2,2-3H3,(H,36,37)/b30-20-/t24-/m0/s1. The van der Waals surface area contributed by atoms with Gasteiger partial charge in [-0.1, -0.05) is 78.9 Å². The number of ether oxygens (including phenoxy) is 2. The maximum atomic E-state index is 12.9. The lowest BCUT2D eigenvalue weighted by Gasteiger charge is -2.18. The average Bonchev–Trinajstić information content (AvgIpc) is 2.96. The monoisotopic (exact) mass is 516 g/mol. The van der Waals surface area contributed by atoms with Gasteiger partial charge in [0.25, 0.3) is 5.91 Å². The van der Waals surface area contributed by atoms with E-state index >= 15 is 0 Å². The summed E-state index contributed by atoms with van der Waals surface area (Å²) in [4.78, 5) is 12.9. The second-order valence-corrected chi connectivity index (χ2v) is 9.14. The maximum absolute atomic E-state index is 12.9. The molecule has 1 amide bonds. The lowest BCUT2D eigenvalue weighted by molar-refractivity contribution is -0.117. The molecular formula is C34H32N2O3. The lowest BCUT2D eigenvalue weighted by Crippen LogP contribution is -2.27. The second-order valence-electron chi connectivity index (χ2n) is 9.14. The summed E-state index contributed by atoms with van der Waals surface area (Å²) in [5, 5.41) is 15.0. The summed E-state index contributed by atoms with van der Waals surface area (Å²) in [7, 11) is 0. The molecule has 0 bridgehead atoms. The molecule has 5 heteroatoms. The van der Waals surface area contributed by atoms with Crippen molar-refractivity contribution in [1.82, 2.24) is 5.32 Å². The van der Waals surface area contributed by atoms with Gasteiger partial charge in [0.1, 0.15) is 18.2 Å². The molecule has 1 atom stereocenters. The van der Waals surface area contributed by atoms with Gasteiger partial charge in [-0.05, 0) is 65.9 Å². The van der Waals surface area contributed by atoms with E-state index in [1.54, 1.807) is 18.2 Å². The van der Waals surface area contributed by atoms with Gasteiger partial charge in [-0.3, -0.25) is 4.79 Å². The van der Waals surface area contributed by atoms with Crippen molar-refractivity contribution < 1.29 is 14.3 Å². The molecule has 1 N–H and O–H groups in total. The van der Waals surface area contributed by atoms with Crippen molar-refractivity contribution in [2.24, 2.45) is 0 Å². The maximum Gasteiger partial charge on any atom is 0.262 e. The summed E-state index contributed by atoms with van der Waals surface area (Å²) >= 11 is 0. The molecule has 196 valence electrons. The van der Waals surface area contributed by atoms with Crippen molar-refractivity contribution in [3.8, 4) is 17.6 Å². The zero-order valence-electron chi connectivity index (χ0n) is 22.3. The van der Waals surface area contributed by atoms with Crippen LogP contribution in [-0.2, 0) is 17.8 Å². The number of hydrogen-bond donors (Lipinski definition) is 1. The van der Waals surface area contributed by atoms with Crippen LogP contribution >= 0.6 is 0 Å². The number of carbonyl (C=O) groups excluding carboxylic acids is 1. The fraction of sp³-hybridized carbons (Fsp3) is 0.176. The predicted molar refractivity (Wildman–Crippen MR) is 156 cm³/mol. The number of hydrogen-bond acceptors (Lipinski definition) is 4. The van der Waals surface area contributed by atoms with Crippen molar-refractivity contribution in [3.05, 3.63) is 125 Å². The van der Waals surface area contributed by atoms with Gasteiger partial charge in [0.05, 0.1) is 12.6 Å². The molecule has 4 aromatic carbocycles. The Bertz CT molecular complexity index is 1530. The van der Waals surface area contributed by atoms with Gasteiger partial charge < -0.3 is 14.8 Å². The Morgan fingerprint density at radius 1 is 1.00 bits per heavy atom. The summed E-state index contributed by atoms with van der Waals surface area (Å²) in [6.45, 7) is 8.50. The highest BCUT2D eigenvalue weighted by Crippen LogP contribution is 2.36. The largest absolute Gasteiger partial charge is 0.490 e. The fourth-order valence-electron chi connectivity index (χ4n) is 4.48. The van der Waals surface area contributed by atoms with Crippen LogP contribution in [0, 0.1) is 11.3 Å². The van der Waals surface area contributed by atoms with E-state index in [1.807, 2.05) is 74.5 Å².